The molecule has 214 valence electrons. The highest BCUT2D eigenvalue weighted by Crippen LogP contribution is 2.26. The number of nitrogens with one attached hydrogen (secondary N) is 1. The smallest absolute Gasteiger partial charge is 0.264 e. The van der Waals surface area contributed by atoms with Crippen molar-refractivity contribution < 1.29 is 27.1 Å². The number of rotatable bonds is 12. The van der Waals surface area contributed by atoms with Crippen molar-refractivity contribution in [3.8, 4) is 5.75 Å². The molecule has 0 aliphatic rings. The molecule has 2 atom stereocenters. The maximum Gasteiger partial charge on any atom is 0.264 e. The van der Waals surface area contributed by atoms with Gasteiger partial charge in [0.15, 0.2) is 0 Å². The summed E-state index contributed by atoms with van der Waals surface area (Å²) in [5.41, 5.74) is 0.849. The lowest BCUT2D eigenvalue weighted by molar-refractivity contribution is -0.139. The predicted molar refractivity (Wildman–Crippen MR) is 156 cm³/mol. The molecule has 3 rings (SSSR count). The highest BCUT2D eigenvalue weighted by Gasteiger charge is 2.33. The molecule has 0 saturated carbocycles. The van der Waals surface area contributed by atoms with Crippen LogP contribution in [0, 0.1) is 5.82 Å². The minimum Gasteiger partial charge on any atom is -0.497 e. The molecular weight excluding hydrogens is 601 g/mol. The monoisotopic (exact) mass is 633 g/mol. The molecule has 0 radical (unpaired) electrons. The summed E-state index contributed by atoms with van der Waals surface area (Å²) in [6.07, 6.45) is 0.705. The Morgan fingerprint density at radius 3 is 2.25 bits per heavy atom. The Kier molecular flexibility index (Phi) is 10.7. The van der Waals surface area contributed by atoms with E-state index in [9.17, 15) is 22.4 Å². The quantitative estimate of drug-likeness (QED) is 0.299. The number of benzene rings is 3. The van der Waals surface area contributed by atoms with Crippen LogP contribution in [0.1, 0.15) is 32.8 Å². The second kappa shape index (κ2) is 13.8. The van der Waals surface area contributed by atoms with Crippen molar-refractivity contribution in [2.45, 2.75) is 50.7 Å². The number of nitrogens with zero attached hydrogens (tertiary/aromatic N) is 2. The molecule has 0 spiro atoms. The fraction of sp³-hybridized carbons (Fsp3) is 0.310. The Labute approximate surface area is 243 Å². The molecule has 0 aromatic heterocycles. The van der Waals surface area contributed by atoms with E-state index in [2.05, 4.69) is 21.2 Å². The van der Waals surface area contributed by atoms with E-state index in [1.807, 2.05) is 38.1 Å². The van der Waals surface area contributed by atoms with E-state index in [-0.39, 0.29) is 29.1 Å². The molecule has 0 aliphatic carbocycles. The number of halogens is 2. The van der Waals surface area contributed by atoms with Crippen LogP contribution in [0.4, 0.5) is 10.1 Å². The van der Waals surface area contributed by atoms with Crippen LogP contribution in [-0.2, 0) is 26.2 Å². The van der Waals surface area contributed by atoms with Gasteiger partial charge in [0.05, 0.1) is 17.7 Å². The minimum absolute atomic E-state index is 0.0627. The van der Waals surface area contributed by atoms with Crippen LogP contribution >= 0.6 is 15.9 Å². The first-order chi connectivity index (χ1) is 19.0. The molecular formula is C29H33BrFN3O5S. The third-order valence-corrected chi connectivity index (χ3v) is 8.73. The fourth-order valence-corrected chi connectivity index (χ4v) is 5.75. The van der Waals surface area contributed by atoms with Gasteiger partial charge >= 0.3 is 0 Å². The Balaban J connectivity index is 2.02. The van der Waals surface area contributed by atoms with Crippen LogP contribution in [-0.4, -0.2) is 50.9 Å². The zero-order valence-corrected chi connectivity index (χ0v) is 25.2. The van der Waals surface area contributed by atoms with Gasteiger partial charge in [-0.2, -0.15) is 0 Å². The fourth-order valence-electron chi connectivity index (χ4n) is 3.89. The first kappa shape index (κ1) is 31.1. The first-order valence-electron chi connectivity index (χ1n) is 12.7. The lowest BCUT2D eigenvalue weighted by atomic mass is 10.1. The van der Waals surface area contributed by atoms with Crippen LogP contribution in [0.15, 0.2) is 82.2 Å². The predicted octanol–water partition coefficient (Wildman–Crippen LogP) is 5.12. The molecule has 0 unspecified atom stereocenters. The molecule has 0 heterocycles. The van der Waals surface area contributed by atoms with Crippen molar-refractivity contribution in [1.29, 1.82) is 0 Å². The van der Waals surface area contributed by atoms with Crippen LogP contribution < -0.4 is 14.4 Å². The van der Waals surface area contributed by atoms with Gasteiger partial charge in [0.1, 0.15) is 24.2 Å². The number of carbonyl (C=O) groups is 2. The molecule has 0 saturated heterocycles. The number of amides is 2. The molecule has 0 aliphatic heterocycles. The topological polar surface area (TPSA) is 96.0 Å². The van der Waals surface area contributed by atoms with E-state index in [0.717, 1.165) is 26.5 Å². The van der Waals surface area contributed by atoms with Crippen molar-refractivity contribution in [2.75, 3.05) is 18.0 Å². The van der Waals surface area contributed by atoms with Gasteiger partial charge < -0.3 is 15.0 Å². The Bertz CT molecular complexity index is 1420. The average molecular weight is 635 g/mol. The molecule has 0 fully saturated rings. The van der Waals surface area contributed by atoms with Crippen molar-refractivity contribution in [3.63, 3.8) is 0 Å². The number of anilines is 1. The van der Waals surface area contributed by atoms with Crippen LogP contribution in [0.5, 0.6) is 5.75 Å². The van der Waals surface area contributed by atoms with E-state index >= 15 is 0 Å². The molecule has 3 aromatic rings. The normalized spacial score (nSPS) is 12.8. The van der Waals surface area contributed by atoms with Gasteiger partial charge in [-0.15, -0.1) is 0 Å². The molecule has 0 bridgehead atoms. The molecule has 2 amide bonds. The standard InChI is InChI=1S/C29H33BrFN3O5S/c1-5-20(2)32-29(36)21(3)33(18-22-7-6-8-23(30)17-22)28(35)19-34(25-11-9-24(31)10-12-25)40(37,38)27-15-13-26(39-4)14-16-27/h6-17,20-21H,5,18-19H2,1-4H3,(H,32,36)/t20-,21-/m0/s1. The Hall–Kier alpha value is -3.44. The van der Waals surface area contributed by atoms with Gasteiger partial charge in [0.2, 0.25) is 11.8 Å². The van der Waals surface area contributed by atoms with Gasteiger partial charge in [0, 0.05) is 17.1 Å². The number of ether oxygens (including phenoxy) is 1. The summed E-state index contributed by atoms with van der Waals surface area (Å²) in [6, 6.07) is 16.9. The van der Waals surface area contributed by atoms with Crippen LogP contribution in [0.2, 0.25) is 0 Å². The minimum atomic E-state index is -4.27. The average Bonchev–Trinajstić information content (AvgIpc) is 2.94. The highest BCUT2D eigenvalue weighted by atomic mass is 79.9. The van der Waals surface area contributed by atoms with Crippen molar-refractivity contribution in [3.05, 3.63) is 88.6 Å². The summed E-state index contributed by atoms with van der Waals surface area (Å²) in [7, 11) is -2.81. The molecule has 11 heteroatoms. The molecule has 40 heavy (non-hydrogen) atoms. The van der Waals surface area contributed by atoms with Crippen molar-refractivity contribution >= 4 is 43.5 Å². The number of methoxy groups -OCH3 is 1. The number of sulfonamides is 1. The van der Waals surface area contributed by atoms with Gasteiger partial charge in [-0.1, -0.05) is 35.0 Å². The maximum atomic E-state index is 13.9. The first-order valence-corrected chi connectivity index (χ1v) is 15.0. The Morgan fingerprint density at radius 2 is 1.68 bits per heavy atom. The second-order valence-electron chi connectivity index (χ2n) is 9.31. The van der Waals surface area contributed by atoms with Crippen molar-refractivity contribution in [1.82, 2.24) is 10.2 Å². The third-order valence-electron chi connectivity index (χ3n) is 6.45. The molecule has 3 aromatic carbocycles. The summed E-state index contributed by atoms with van der Waals surface area (Å²) in [5.74, 6) is -1.05. The van der Waals surface area contributed by atoms with Gasteiger partial charge in [-0.05, 0) is 86.5 Å². The molecule has 1 N–H and O–H groups in total. The zero-order chi connectivity index (χ0) is 29.4. The largest absolute Gasteiger partial charge is 0.497 e. The lowest BCUT2D eigenvalue weighted by Crippen LogP contribution is -2.52. The summed E-state index contributed by atoms with van der Waals surface area (Å²) in [5, 5.41) is 2.89. The van der Waals surface area contributed by atoms with E-state index in [1.54, 1.807) is 6.92 Å². The lowest BCUT2D eigenvalue weighted by Gasteiger charge is -2.32. The zero-order valence-electron chi connectivity index (χ0n) is 22.8. The second-order valence-corrected chi connectivity index (χ2v) is 12.1. The van der Waals surface area contributed by atoms with Gasteiger partial charge in [-0.25, -0.2) is 12.8 Å². The van der Waals surface area contributed by atoms with E-state index < -0.39 is 34.3 Å². The van der Waals surface area contributed by atoms with Crippen molar-refractivity contribution in [2.24, 2.45) is 0 Å². The highest BCUT2D eigenvalue weighted by molar-refractivity contribution is 9.10. The number of carbonyl (C=O) groups excluding carboxylic acids is 2. The van der Waals surface area contributed by atoms with E-state index in [1.165, 1.54) is 48.4 Å². The number of hydrogen-bond donors (Lipinski definition) is 1. The SMILES string of the molecule is CC[C@H](C)NC(=O)[C@H](C)N(Cc1cccc(Br)c1)C(=O)CN(c1ccc(F)cc1)S(=O)(=O)c1ccc(OC)cc1. The van der Waals surface area contributed by atoms with E-state index in [0.29, 0.717) is 12.2 Å². The molecule has 8 nitrogen and oxygen atoms in total. The third kappa shape index (κ3) is 7.82. The van der Waals surface area contributed by atoms with Crippen LogP contribution in [0.3, 0.4) is 0 Å². The van der Waals surface area contributed by atoms with Gasteiger partial charge in [0.25, 0.3) is 10.0 Å². The summed E-state index contributed by atoms with van der Waals surface area (Å²) < 4.78 is 48.2. The van der Waals surface area contributed by atoms with E-state index in [4.69, 9.17) is 4.74 Å². The summed E-state index contributed by atoms with van der Waals surface area (Å²) >= 11 is 3.43. The summed E-state index contributed by atoms with van der Waals surface area (Å²) in [6.45, 7) is 4.85. The van der Waals surface area contributed by atoms with Crippen LogP contribution in [0.25, 0.3) is 0 Å². The number of hydrogen-bond acceptors (Lipinski definition) is 5. The Morgan fingerprint density at radius 1 is 1.02 bits per heavy atom. The maximum absolute atomic E-state index is 13.9. The summed E-state index contributed by atoms with van der Waals surface area (Å²) in [4.78, 5) is 28.3. The van der Waals surface area contributed by atoms with Gasteiger partial charge in [-0.3, -0.25) is 13.9 Å².